The standard InChI is InChI=1S/C17H21N/c1-3-4-14-7-11-16(12-8-14)17(18)15-9-5-13(2)6-10-15/h5-12,17H,3-4,18H2,1-2H3. The van der Waals surface area contributed by atoms with Gasteiger partial charge in [0, 0.05) is 0 Å². The summed E-state index contributed by atoms with van der Waals surface area (Å²) in [6.45, 7) is 4.29. The highest BCUT2D eigenvalue weighted by atomic mass is 14.6. The summed E-state index contributed by atoms with van der Waals surface area (Å²) in [6.07, 6.45) is 2.32. The third-order valence-electron chi connectivity index (χ3n) is 3.31. The summed E-state index contributed by atoms with van der Waals surface area (Å²) in [5.41, 5.74) is 11.3. The molecule has 2 aromatic rings. The first kappa shape index (κ1) is 12.8. The highest BCUT2D eigenvalue weighted by Crippen LogP contribution is 2.20. The van der Waals surface area contributed by atoms with E-state index >= 15 is 0 Å². The van der Waals surface area contributed by atoms with Crippen molar-refractivity contribution < 1.29 is 0 Å². The van der Waals surface area contributed by atoms with Crippen molar-refractivity contribution in [2.24, 2.45) is 5.73 Å². The van der Waals surface area contributed by atoms with Crippen LogP contribution in [0.15, 0.2) is 48.5 Å². The van der Waals surface area contributed by atoms with Crippen LogP contribution in [-0.2, 0) is 6.42 Å². The van der Waals surface area contributed by atoms with E-state index in [-0.39, 0.29) is 6.04 Å². The summed E-state index contributed by atoms with van der Waals surface area (Å²) < 4.78 is 0. The number of hydrogen-bond donors (Lipinski definition) is 1. The Morgan fingerprint density at radius 2 is 1.39 bits per heavy atom. The molecule has 2 rings (SSSR count). The third-order valence-corrected chi connectivity index (χ3v) is 3.31. The second kappa shape index (κ2) is 5.83. The number of benzene rings is 2. The summed E-state index contributed by atoms with van der Waals surface area (Å²) in [4.78, 5) is 0. The maximum atomic E-state index is 6.29. The molecule has 1 atom stereocenters. The minimum Gasteiger partial charge on any atom is -0.320 e. The van der Waals surface area contributed by atoms with Crippen molar-refractivity contribution in [3.63, 3.8) is 0 Å². The summed E-state index contributed by atoms with van der Waals surface area (Å²) in [7, 11) is 0. The minimum atomic E-state index is -0.0266. The Morgan fingerprint density at radius 3 is 1.89 bits per heavy atom. The number of aryl methyl sites for hydroxylation is 2. The average molecular weight is 239 g/mol. The summed E-state index contributed by atoms with van der Waals surface area (Å²) in [5.74, 6) is 0. The Hall–Kier alpha value is -1.60. The van der Waals surface area contributed by atoms with Gasteiger partial charge in [-0.25, -0.2) is 0 Å². The van der Waals surface area contributed by atoms with E-state index in [1.165, 1.54) is 28.7 Å². The van der Waals surface area contributed by atoms with E-state index in [4.69, 9.17) is 5.73 Å². The van der Waals surface area contributed by atoms with Crippen molar-refractivity contribution in [1.82, 2.24) is 0 Å². The van der Waals surface area contributed by atoms with Crippen molar-refractivity contribution in [1.29, 1.82) is 0 Å². The lowest BCUT2D eigenvalue weighted by Gasteiger charge is -2.13. The SMILES string of the molecule is CCCc1ccc(C(N)c2ccc(C)cc2)cc1. The van der Waals surface area contributed by atoms with E-state index in [0.717, 1.165) is 6.42 Å². The van der Waals surface area contributed by atoms with Gasteiger partial charge in [0.15, 0.2) is 0 Å². The highest BCUT2D eigenvalue weighted by molar-refractivity contribution is 5.34. The first-order valence-corrected chi connectivity index (χ1v) is 6.61. The molecule has 1 heteroatoms. The van der Waals surface area contributed by atoms with Gasteiger partial charge in [0.1, 0.15) is 0 Å². The van der Waals surface area contributed by atoms with Crippen LogP contribution in [0.4, 0.5) is 0 Å². The minimum absolute atomic E-state index is 0.0266. The lowest BCUT2D eigenvalue weighted by atomic mass is 9.97. The van der Waals surface area contributed by atoms with Crippen LogP contribution < -0.4 is 5.73 Å². The van der Waals surface area contributed by atoms with Gasteiger partial charge >= 0.3 is 0 Å². The van der Waals surface area contributed by atoms with Gasteiger partial charge in [-0.3, -0.25) is 0 Å². The molecule has 0 aliphatic heterocycles. The zero-order valence-electron chi connectivity index (χ0n) is 11.2. The van der Waals surface area contributed by atoms with Gasteiger partial charge in [-0.1, -0.05) is 67.4 Å². The molecule has 1 unspecified atom stereocenters. The van der Waals surface area contributed by atoms with Crippen molar-refractivity contribution in [3.05, 3.63) is 70.8 Å². The van der Waals surface area contributed by atoms with Crippen molar-refractivity contribution >= 4 is 0 Å². The molecule has 0 saturated heterocycles. The van der Waals surface area contributed by atoms with E-state index in [1.807, 2.05) is 0 Å². The third kappa shape index (κ3) is 2.99. The van der Waals surface area contributed by atoms with Crippen LogP contribution in [0, 0.1) is 6.92 Å². The predicted octanol–water partition coefficient (Wildman–Crippen LogP) is 4.00. The Labute approximate surface area is 110 Å². The number of nitrogens with two attached hydrogens (primary N) is 1. The van der Waals surface area contributed by atoms with Gasteiger partial charge in [-0.2, -0.15) is 0 Å². The van der Waals surface area contributed by atoms with Crippen LogP contribution in [0.1, 0.15) is 41.6 Å². The maximum absolute atomic E-state index is 6.29. The van der Waals surface area contributed by atoms with Crippen molar-refractivity contribution in [2.45, 2.75) is 32.7 Å². The molecular formula is C17H21N. The van der Waals surface area contributed by atoms with Crippen LogP contribution in [0.3, 0.4) is 0 Å². The van der Waals surface area contributed by atoms with Crippen LogP contribution in [0.25, 0.3) is 0 Å². The lowest BCUT2D eigenvalue weighted by Crippen LogP contribution is -2.11. The first-order chi connectivity index (χ1) is 8.70. The molecule has 0 bridgehead atoms. The van der Waals surface area contributed by atoms with Gasteiger partial charge in [0.2, 0.25) is 0 Å². The molecule has 2 N–H and O–H groups in total. The lowest BCUT2D eigenvalue weighted by molar-refractivity contribution is 0.864. The summed E-state index contributed by atoms with van der Waals surface area (Å²) >= 11 is 0. The largest absolute Gasteiger partial charge is 0.320 e. The highest BCUT2D eigenvalue weighted by Gasteiger charge is 2.08. The van der Waals surface area contributed by atoms with Gasteiger partial charge in [-0.05, 0) is 30.0 Å². The van der Waals surface area contributed by atoms with Gasteiger partial charge in [0.25, 0.3) is 0 Å². The van der Waals surface area contributed by atoms with E-state index in [9.17, 15) is 0 Å². The molecule has 0 heterocycles. The molecule has 2 aromatic carbocycles. The molecule has 0 saturated carbocycles. The van der Waals surface area contributed by atoms with Gasteiger partial charge < -0.3 is 5.73 Å². The molecule has 0 aromatic heterocycles. The monoisotopic (exact) mass is 239 g/mol. The fourth-order valence-electron chi connectivity index (χ4n) is 2.15. The molecular weight excluding hydrogens is 218 g/mol. The van der Waals surface area contributed by atoms with Gasteiger partial charge in [0.05, 0.1) is 6.04 Å². The van der Waals surface area contributed by atoms with Gasteiger partial charge in [-0.15, -0.1) is 0 Å². The van der Waals surface area contributed by atoms with Crippen molar-refractivity contribution in [3.8, 4) is 0 Å². The smallest absolute Gasteiger partial charge is 0.0551 e. The van der Waals surface area contributed by atoms with Crippen LogP contribution >= 0.6 is 0 Å². The van der Waals surface area contributed by atoms with Crippen LogP contribution in [0.5, 0.6) is 0 Å². The fraction of sp³-hybridized carbons (Fsp3) is 0.294. The quantitative estimate of drug-likeness (QED) is 0.857. The van der Waals surface area contributed by atoms with E-state index in [0.29, 0.717) is 0 Å². The molecule has 18 heavy (non-hydrogen) atoms. The second-order valence-electron chi connectivity index (χ2n) is 4.88. The Morgan fingerprint density at radius 1 is 0.889 bits per heavy atom. The van der Waals surface area contributed by atoms with E-state index in [2.05, 4.69) is 62.4 Å². The Balaban J connectivity index is 2.17. The summed E-state index contributed by atoms with van der Waals surface area (Å²) in [6, 6.07) is 17.1. The molecule has 0 radical (unpaired) electrons. The molecule has 0 amide bonds. The molecule has 0 fully saturated rings. The average Bonchev–Trinajstić information content (AvgIpc) is 2.40. The van der Waals surface area contributed by atoms with E-state index < -0.39 is 0 Å². The fourth-order valence-corrected chi connectivity index (χ4v) is 2.15. The predicted molar refractivity (Wildman–Crippen MR) is 77.6 cm³/mol. The first-order valence-electron chi connectivity index (χ1n) is 6.61. The second-order valence-corrected chi connectivity index (χ2v) is 4.88. The maximum Gasteiger partial charge on any atom is 0.0551 e. The van der Waals surface area contributed by atoms with Crippen LogP contribution in [0.2, 0.25) is 0 Å². The van der Waals surface area contributed by atoms with Crippen LogP contribution in [-0.4, -0.2) is 0 Å². The Kier molecular flexibility index (Phi) is 4.16. The molecule has 0 aliphatic carbocycles. The van der Waals surface area contributed by atoms with Crippen molar-refractivity contribution in [2.75, 3.05) is 0 Å². The molecule has 1 nitrogen and oxygen atoms in total. The molecule has 94 valence electrons. The normalized spacial score (nSPS) is 12.4. The zero-order valence-corrected chi connectivity index (χ0v) is 11.2. The zero-order chi connectivity index (χ0) is 13.0. The Bertz CT molecular complexity index is 482. The number of hydrogen-bond acceptors (Lipinski definition) is 1. The molecule has 0 spiro atoms. The topological polar surface area (TPSA) is 26.0 Å². The van der Waals surface area contributed by atoms with E-state index in [1.54, 1.807) is 0 Å². The number of rotatable bonds is 4. The molecule has 0 aliphatic rings. The summed E-state index contributed by atoms with van der Waals surface area (Å²) in [5, 5.41) is 0.